The molecular weight excluding hydrogens is 260 g/mol. The number of rotatable bonds is 4. The summed E-state index contributed by atoms with van der Waals surface area (Å²) in [6, 6.07) is 7.19. The van der Waals surface area contributed by atoms with Gasteiger partial charge in [-0.25, -0.2) is 4.98 Å². The number of phenolic OH excluding ortho intramolecular Hbond substituents is 1. The number of amides is 1. The predicted molar refractivity (Wildman–Crippen MR) is 76.6 cm³/mol. The minimum absolute atomic E-state index is 0.105. The van der Waals surface area contributed by atoms with Crippen molar-refractivity contribution in [3.8, 4) is 5.75 Å². The van der Waals surface area contributed by atoms with Crippen molar-refractivity contribution in [3.63, 3.8) is 0 Å². The Balaban J connectivity index is 2.03. The molecule has 0 aliphatic heterocycles. The lowest BCUT2D eigenvalue weighted by molar-refractivity contribution is -0.114. The van der Waals surface area contributed by atoms with Gasteiger partial charge in [0.1, 0.15) is 5.75 Å². The van der Waals surface area contributed by atoms with Crippen LogP contribution in [0.15, 0.2) is 29.6 Å². The fourth-order valence-corrected chi connectivity index (χ4v) is 2.69. The molecule has 2 N–H and O–H groups in total. The molecule has 1 atom stereocenters. The molecule has 0 spiro atoms. The molecule has 0 saturated heterocycles. The summed E-state index contributed by atoms with van der Waals surface area (Å²) >= 11 is 1.44. The monoisotopic (exact) mass is 276 g/mol. The van der Waals surface area contributed by atoms with Crippen LogP contribution in [0.2, 0.25) is 0 Å². The van der Waals surface area contributed by atoms with E-state index in [1.54, 1.807) is 12.1 Å². The number of benzene rings is 1. The highest BCUT2D eigenvalue weighted by molar-refractivity contribution is 7.13. The van der Waals surface area contributed by atoms with Gasteiger partial charge in [-0.2, -0.15) is 0 Å². The molecule has 0 saturated carbocycles. The quantitative estimate of drug-likeness (QED) is 0.901. The molecule has 0 unspecified atom stereocenters. The summed E-state index contributed by atoms with van der Waals surface area (Å²) in [5, 5.41) is 14.5. The normalized spacial score (nSPS) is 12.1. The first-order valence-electron chi connectivity index (χ1n) is 6.05. The second-order valence-electron chi connectivity index (χ2n) is 4.53. The van der Waals surface area contributed by atoms with E-state index in [1.807, 2.05) is 17.5 Å². The highest BCUT2D eigenvalue weighted by Crippen LogP contribution is 2.25. The number of phenols is 1. The van der Waals surface area contributed by atoms with Crippen molar-refractivity contribution in [1.82, 2.24) is 4.98 Å². The summed E-state index contributed by atoms with van der Waals surface area (Å²) in [5.74, 6) is 0.438. The Bertz CT molecular complexity index is 563. The first-order valence-corrected chi connectivity index (χ1v) is 6.93. The molecule has 1 amide bonds. The van der Waals surface area contributed by atoms with Crippen molar-refractivity contribution in [2.45, 2.75) is 26.2 Å². The molecule has 5 heteroatoms. The van der Waals surface area contributed by atoms with E-state index in [1.165, 1.54) is 18.3 Å². The molecule has 4 nitrogen and oxygen atoms in total. The van der Waals surface area contributed by atoms with E-state index in [0.717, 1.165) is 17.7 Å². The van der Waals surface area contributed by atoms with Gasteiger partial charge < -0.3 is 10.4 Å². The van der Waals surface area contributed by atoms with E-state index in [2.05, 4.69) is 17.2 Å². The standard InChI is InChI=1S/C14H16N2O2S/c1-9(7-11-3-5-12(18)6-4-11)13-8-19-14(16-13)15-10(2)17/h3-6,8-9,18H,7H2,1-2H3,(H,15,16,17)/t9-/m0/s1. The van der Waals surface area contributed by atoms with Crippen LogP contribution < -0.4 is 5.32 Å². The molecule has 0 radical (unpaired) electrons. The summed E-state index contributed by atoms with van der Waals surface area (Å²) < 4.78 is 0. The van der Waals surface area contributed by atoms with E-state index in [9.17, 15) is 9.90 Å². The number of nitrogens with zero attached hydrogens (tertiary/aromatic N) is 1. The van der Waals surface area contributed by atoms with Crippen LogP contribution in [0.4, 0.5) is 5.13 Å². The Hall–Kier alpha value is -1.88. The van der Waals surface area contributed by atoms with Crippen LogP contribution in [0.1, 0.15) is 31.0 Å². The number of nitrogens with one attached hydrogen (secondary N) is 1. The third-order valence-electron chi connectivity index (χ3n) is 2.79. The number of aromatic nitrogens is 1. The lowest BCUT2D eigenvalue weighted by Crippen LogP contribution is -2.06. The number of carbonyl (C=O) groups excluding carboxylic acids is 1. The van der Waals surface area contributed by atoms with Crippen molar-refractivity contribution in [1.29, 1.82) is 0 Å². The zero-order valence-corrected chi connectivity index (χ0v) is 11.7. The molecule has 0 aliphatic carbocycles. The fraction of sp³-hybridized carbons (Fsp3) is 0.286. The SMILES string of the molecule is CC(=O)Nc1nc([C@@H](C)Cc2ccc(O)cc2)cs1. The van der Waals surface area contributed by atoms with Crippen molar-refractivity contribution in [2.24, 2.45) is 0 Å². The first-order chi connectivity index (χ1) is 9.04. The molecule has 1 aromatic carbocycles. The van der Waals surface area contributed by atoms with Crippen molar-refractivity contribution in [2.75, 3.05) is 5.32 Å². The lowest BCUT2D eigenvalue weighted by Gasteiger charge is -2.08. The third-order valence-corrected chi connectivity index (χ3v) is 3.56. The number of carbonyl (C=O) groups is 1. The molecule has 19 heavy (non-hydrogen) atoms. The average molecular weight is 276 g/mol. The van der Waals surface area contributed by atoms with Crippen LogP contribution in [0, 0.1) is 0 Å². The number of anilines is 1. The molecule has 2 aromatic rings. The van der Waals surface area contributed by atoms with Crippen LogP contribution >= 0.6 is 11.3 Å². The minimum Gasteiger partial charge on any atom is -0.508 e. The van der Waals surface area contributed by atoms with E-state index in [4.69, 9.17) is 0 Å². The summed E-state index contributed by atoms with van der Waals surface area (Å²) in [6.45, 7) is 3.57. The number of hydrogen-bond donors (Lipinski definition) is 2. The van der Waals surface area contributed by atoms with Crippen molar-refractivity contribution in [3.05, 3.63) is 40.9 Å². The van der Waals surface area contributed by atoms with Crippen molar-refractivity contribution >= 4 is 22.4 Å². The minimum atomic E-state index is -0.105. The maximum absolute atomic E-state index is 10.9. The van der Waals surface area contributed by atoms with Crippen LogP contribution in [0.25, 0.3) is 0 Å². The van der Waals surface area contributed by atoms with Crippen LogP contribution in [-0.4, -0.2) is 16.0 Å². The van der Waals surface area contributed by atoms with E-state index in [0.29, 0.717) is 5.13 Å². The number of aromatic hydroxyl groups is 1. The van der Waals surface area contributed by atoms with Crippen molar-refractivity contribution < 1.29 is 9.90 Å². The third kappa shape index (κ3) is 3.79. The molecular formula is C14H16N2O2S. The molecule has 0 aliphatic rings. The van der Waals surface area contributed by atoms with Crippen LogP contribution in [0.5, 0.6) is 5.75 Å². The highest BCUT2D eigenvalue weighted by Gasteiger charge is 2.11. The van der Waals surface area contributed by atoms with Gasteiger partial charge in [-0.1, -0.05) is 19.1 Å². The van der Waals surface area contributed by atoms with Gasteiger partial charge in [-0.05, 0) is 24.1 Å². The smallest absolute Gasteiger partial charge is 0.223 e. The maximum atomic E-state index is 10.9. The van der Waals surface area contributed by atoms with Gasteiger partial charge >= 0.3 is 0 Å². The van der Waals surface area contributed by atoms with Crippen LogP contribution in [0.3, 0.4) is 0 Å². The van der Waals surface area contributed by atoms with Gasteiger partial charge in [0.15, 0.2) is 5.13 Å². The van der Waals surface area contributed by atoms with Gasteiger partial charge in [-0.15, -0.1) is 11.3 Å². The predicted octanol–water partition coefficient (Wildman–Crippen LogP) is 3.15. The van der Waals surface area contributed by atoms with Gasteiger partial charge in [0.2, 0.25) is 5.91 Å². The molecule has 2 rings (SSSR count). The Kier molecular flexibility index (Phi) is 4.16. The molecule has 0 bridgehead atoms. The zero-order valence-electron chi connectivity index (χ0n) is 10.9. The first kappa shape index (κ1) is 13.5. The molecule has 100 valence electrons. The Morgan fingerprint density at radius 2 is 2.11 bits per heavy atom. The molecule has 0 fully saturated rings. The topological polar surface area (TPSA) is 62.2 Å². The Morgan fingerprint density at radius 3 is 2.74 bits per heavy atom. The van der Waals surface area contributed by atoms with Crippen LogP contribution in [-0.2, 0) is 11.2 Å². The Labute approximate surface area is 116 Å². The molecule has 1 aromatic heterocycles. The average Bonchev–Trinajstić information content (AvgIpc) is 2.80. The Morgan fingerprint density at radius 1 is 1.42 bits per heavy atom. The largest absolute Gasteiger partial charge is 0.508 e. The summed E-state index contributed by atoms with van der Waals surface area (Å²) in [6.07, 6.45) is 0.851. The molecule has 1 heterocycles. The zero-order chi connectivity index (χ0) is 13.8. The lowest BCUT2D eigenvalue weighted by atomic mass is 9.99. The highest BCUT2D eigenvalue weighted by atomic mass is 32.1. The van der Waals surface area contributed by atoms with E-state index >= 15 is 0 Å². The number of thiazole rings is 1. The van der Waals surface area contributed by atoms with E-state index < -0.39 is 0 Å². The van der Waals surface area contributed by atoms with Gasteiger partial charge in [-0.3, -0.25) is 4.79 Å². The van der Waals surface area contributed by atoms with E-state index in [-0.39, 0.29) is 17.6 Å². The second kappa shape index (κ2) is 5.84. The van der Waals surface area contributed by atoms with Gasteiger partial charge in [0.05, 0.1) is 5.69 Å². The van der Waals surface area contributed by atoms with Gasteiger partial charge in [0, 0.05) is 18.2 Å². The van der Waals surface area contributed by atoms with Gasteiger partial charge in [0.25, 0.3) is 0 Å². The number of hydrogen-bond acceptors (Lipinski definition) is 4. The summed E-state index contributed by atoms with van der Waals surface area (Å²) in [5.41, 5.74) is 2.13. The second-order valence-corrected chi connectivity index (χ2v) is 5.39. The summed E-state index contributed by atoms with van der Waals surface area (Å²) in [4.78, 5) is 15.3. The maximum Gasteiger partial charge on any atom is 0.223 e. The summed E-state index contributed by atoms with van der Waals surface area (Å²) in [7, 11) is 0. The fourth-order valence-electron chi connectivity index (χ4n) is 1.81.